The first-order chi connectivity index (χ1) is 41.1. The Morgan fingerprint density at radius 1 is 0.381 bits per heavy atom. The molecule has 0 aliphatic carbocycles. The van der Waals surface area contributed by atoms with E-state index < -0.39 is 0 Å². The Kier molecular flexibility index (Phi) is 17.3. The lowest BCUT2D eigenvalue weighted by atomic mass is 9.92. The largest absolute Gasteiger partial charge is 0.456 e. The summed E-state index contributed by atoms with van der Waals surface area (Å²) in [4.78, 5) is 15.8. The molecule has 15 rings (SSSR count). The third-order valence-corrected chi connectivity index (χ3v) is 89.6. The predicted molar refractivity (Wildman–Crippen MR) is 407 cm³/mol. The van der Waals surface area contributed by atoms with Crippen LogP contribution in [0.25, 0.3) is 148 Å². The first-order valence-electron chi connectivity index (χ1n) is 26.8. The van der Waals surface area contributed by atoms with E-state index in [1.807, 2.05) is 41.7 Å². The second kappa shape index (κ2) is 25.1. The number of fused-ring (bicyclic) bond motifs is 12. The highest BCUT2D eigenvalue weighted by atomic mass is 33.3. The molecule has 19 heteroatoms. The fourth-order valence-corrected chi connectivity index (χ4v) is 140. The minimum atomic E-state index is 0.116. The van der Waals surface area contributed by atoms with E-state index in [-0.39, 0.29) is 34.9 Å². The Balaban J connectivity index is 0.000000434. The lowest BCUT2D eigenvalue weighted by Crippen LogP contribution is -2.00. The van der Waals surface area contributed by atoms with Crippen LogP contribution in [-0.4, -0.2) is 19.5 Å². The van der Waals surface area contributed by atoms with Crippen LogP contribution in [0.2, 0.25) is 0 Å². The maximum Gasteiger partial charge on any atom is 0.164 e. The van der Waals surface area contributed by atoms with Gasteiger partial charge in [-0.1, -0.05) is 172 Å². The molecule has 0 bridgehead atoms. The summed E-state index contributed by atoms with van der Waals surface area (Å²) in [5.74, 6) is 1.78. The fraction of sp³-hybridized carbons (Fsp3) is 0. The highest BCUT2D eigenvalue weighted by Crippen LogP contribution is 3.18. The molecule has 15 aromatic rings. The van der Waals surface area contributed by atoms with Crippen LogP contribution in [0.15, 0.2) is 235 Å². The molecule has 0 saturated carbocycles. The van der Waals surface area contributed by atoms with Crippen molar-refractivity contribution in [1.82, 2.24) is 19.5 Å². The normalized spacial score (nSPS) is 12.6. The quantitative estimate of drug-likeness (QED) is 0.0956. The summed E-state index contributed by atoms with van der Waals surface area (Å²) in [7, 11) is 22.2. The van der Waals surface area contributed by atoms with E-state index >= 15 is 0 Å². The smallest absolute Gasteiger partial charge is 0.164 e. The van der Waals surface area contributed by atoms with Gasteiger partial charge >= 0.3 is 0 Å². The van der Waals surface area contributed by atoms with Crippen molar-refractivity contribution in [2.24, 2.45) is 0 Å². The van der Waals surface area contributed by atoms with Crippen LogP contribution >= 0.6 is 117 Å². The summed E-state index contributed by atoms with van der Waals surface area (Å²) in [5, 5.41) is 11.9. The number of furan rings is 1. The monoisotopic (exact) mass is 1340 g/mol. The molecule has 0 spiro atoms. The third kappa shape index (κ3) is 11.0. The molecule has 4 heterocycles. The first kappa shape index (κ1) is 58.1. The molecule has 4 aromatic heterocycles. The van der Waals surface area contributed by atoms with Crippen molar-refractivity contribution in [2.45, 2.75) is 0 Å². The van der Waals surface area contributed by atoms with Crippen molar-refractivity contribution in [3.05, 3.63) is 231 Å². The van der Waals surface area contributed by atoms with Gasteiger partial charge in [0.05, 0.1) is 11.0 Å². The molecule has 11 aromatic carbocycles. The molecule has 410 valence electrons. The summed E-state index contributed by atoms with van der Waals surface area (Å²) >= 11 is 1.85. The fourth-order valence-electron chi connectivity index (χ4n) is 11.5. The van der Waals surface area contributed by atoms with Crippen LogP contribution in [0, 0.1) is 0 Å². The standard InChI is InChI=1S/C65H38N4OS.H15P13/c1-3-15-39(16-4-1)63-66-64(43-29-32-50-49-23-11-12-26-55(49)69(56(50)38-43)44-18-5-2-6-19-44)68-65(67-63)51-25-13-27-58-61(51)53-36-41(30-33-57(53)70-58)46-24-14-28-60-62(46)54-37-42(31-34-59(54)71-60)52-35-40-17-7-8-20-45(40)47-21-9-10-22-48(47)52;1-8-12(9(2)3)13(10(4)5)11(6)7/h1-38H;8H,1-7H2. The number of hydrogen-bond donors (Lipinski definition) is 0. The highest BCUT2D eigenvalue weighted by Gasteiger charge is 2.29. The summed E-state index contributed by atoms with van der Waals surface area (Å²) in [6, 6.07) is 82.2. The summed E-state index contributed by atoms with van der Waals surface area (Å²) in [6.07, 6.45) is 0. The minimum absolute atomic E-state index is 0.116. The van der Waals surface area contributed by atoms with Gasteiger partial charge in [-0.2, -0.15) is 0 Å². The van der Waals surface area contributed by atoms with Gasteiger partial charge in [-0.25, -0.2) is 15.0 Å². The zero-order valence-corrected chi connectivity index (χ0v) is 59.2. The molecule has 0 N–H and O–H groups in total. The second-order valence-electron chi connectivity index (χ2n) is 20.1. The maximum atomic E-state index is 6.67. The van der Waals surface area contributed by atoms with Crippen molar-refractivity contribution >= 4 is 202 Å². The Bertz CT molecular complexity index is 4990. The zero-order chi connectivity index (χ0) is 57.2. The third-order valence-electron chi connectivity index (χ3n) is 15.2. The second-order valence-corrected chi connectivity index (χ2v) is 68.7. The van der Waals surface area contributed by atoms with Crippen molar-refractivity contribution in [2.75, 3.05) is 0 Å². The Morgan fingerprint density at radius 3 is 1.74 bits per heavy atom. The van der Waals surface area contributed by atoms with Gasteiger partial charge in [-0.3, -0.25) is 0 Å². The van der Waals surface area contributed by atoms with Crippen LogP contribution in [-0.2, 0) is 0 Å². The van der Waals surface area contributed by atoms with E-state index in [0.717, 1.165) is 68.9 Å². The molecule has 0 saturated heterocycles. The molecule has 0 aliphatic heterocycles. The van der Waals surface area contributed by atoms with Crippen molar-refractivity contribution < 1.29 is 4.42 Å². The van der Waals surface area contributed by atoms with Crippen LogP contribution in [0.1, 0.15) is 0 Å². The summed E-state index contributed by atoms with van der Waals surface area (Å²) in [6.45, 7) is 0.866. The van der Waals surface area contributed by atoms with E-state index in [1.54, 1.807) is 0 Å². The van der Waals surface area contributed by atoms with Gasteiger partial charge in [-0.05, 0) is 145 Å². The number of rotatable bonds is 11. The van der Waals surface area contributed by atoms with Gasteiger partial charge < -0.3 is 8.98 Å². The molecule has 0 radical (unpaired) electrons. The molecular weight excluding hydrogens is 1290 g/mol. The van der Waals surface area contributed by atoms with Crippen molar-refractivity contribution in [1.29, 1.82) is 0 Å². The summed E-state index contributed by atoms with van der Waals surface area (Å²) in [5.41, 5.74) is 12.3. The Hall–Kier alpha value is -3.64. The van der Waals surface area contributed by atoms with Crippen LogP contribution in [0.3, 0.4) is 0 Å². The number of nitrogens with zero attached hydrogens (tertiary/aromatic N) is 4. The van der Waals surface area contributed by atoms with E-state index in [9.17, 15) is 0 Å². The molecule has 0 aliphatic rings. The highest BCUT2D eigenvalue weighted by molar-refractivity contribution is 9.24. The number of benzene rings is 11. The Labute approximate surface area is 514 Å². The number of para-hydroxylation sites is 2. The average Bonchev–Trinajstić information content (AvgIpc) is 2.26. The molecular formula is C65H53N4OP13S. The molecule has 9 unspecified atom stereocenters. The van der Waals surface area contributed by atoms with Gasteiger partial charge in [0.1, 0.15) is 11.2 Å². The van der Waals surface area contributed by atoms with Gasteiger partial charge in [0, 0.05) is 64.1 Å². The van der Waals surface area contributed by atoms with E-state index in [1.165, 1.54) is 69.2 Å². The van der Waals surface area contributed by atoms with Gasteiger partial charge in [-0.15, -0.1) is 73.8 Å². The predicted octanol–water partition coefficient (Wildman–Crippen LogP) is 25.1. The van der Waals surface area contributed by atoms with E-state index in [0.29, 0.717) is 17.5 Å². The first-order valence-corrected chi connectivity index (χ1v) is 50.5. The van der Waals surface area contributed by atoms with E-state index in [2.05, 4.69) is 267 Å². The lowest BCUT2D eigenvalue weighted by Gasteiger charge is -2.34. The van der Waals surface area contributed by atoms with Crippen LogP contribution in [0.4, 0.5) is 0 Å². The van der Waals surface area contributed by atoms with Gasteiger partial charge in [0.25, 0.3) is 0 Å². The topological polar surface area (TPSA) is 56.7 Å². The van der Waals surface area contributed by atoms with Crippen LogP contribution in [0.5, 0.6) is 0 Å². The molecule has 0 amide bonds. The van der Waals surface area contributed by atoms with Crippen LogP contribution < -0.4 is 0 Å². The SMILES string of the molecule is PPP(P(P)P)P(P(P)P)P(P)P.c1ccc(-c2nc(-c3ccc4c5ccccc5n(-c5ccccc5)c4c3)nc(-c3cccc4oc5ccc(-c6cccc7sc8ccc(-c9cc%10ccccc%10c%10ccccc9%10)cc8c67)cc5c34)n2)cc1. The molecule has 0 fully saturated rings. The lowest BCUT2D eigenvalue weighted by molar-refractivity contribution is 0.669. The van der Waals surface area contributed by atoms with Crippen molar-refractivity contribution in [3.63, 3.8) is 0 Å². The molecule has 9 atom stereocenters. The molecule has 84 heavy (non-hydrogen) atoms. The number of aromatic nitrogens is 4. The minimum Gasteiger partial charge on any atom is -0.456 e. The van der Waals surface area contributed by atoms with Gasteiger partial charge in [0.2, 0.25) is 0 Å². The maximum absolute atomic E-state index is 6.67. The van der Waals surface area contributed by atoms with Crippen molar-refractivity contribution in [3.8, 4) is 62.1 Å². The zero-order valence-electron chi connectivity index (χ0n) is 44.8. The van der Waals surface area contributed by atoms with Gasteiger partial charge in [0.15, 0.2) is 17.5 Å². The molecule has 5 nitrogen and oxygen atoms in total. The average molecular weight is 1340 g/mol. The number of hydrogen-bond acceptors (Lipinski definition) is 5. The van der Waals surface area contributed by atoms with E-state index in [4.69, 9.17) is 19.4 Å². The Morgan fingerprint density at radius 2 is 0.988 bits per heavy atom. The number of thiophene rings is 1. The summed E-state index contributed by atoms with van der Waals surface area (Å²) < 4.78 is 11.5.